The zero-order valence-corrected chi connectivity index (χ0v) is 11.4. The maximum absolute atomic E-state index is 11.9. The Morgan fingerprint density at radius 1 is 1.50 bits per heavy atom. The lowest BCUT2D eigenvalue weighted by molar-refractivity contribution is 0.0176. The van der Waals surface area contributed by atoms with Crippen molar-refractivity contribution in [3.8, 4) is 0 Å². The van der Waals surface area contributed by atoms with Gasteiger partial charge < -0.3 is 15.4 Å². The predicted molar refractivity (Wildman–Crippen MR) is 70.0 cm³/mol. The highest BCUT2D eigenvalue weighted by Gasteiger charge is 2.31. The largest absolute Gasteiger partial charge is 0.381 e. The standard InChI is InChI=1S/C11H18N4O2S/c1-3-4-12-11-15-14-10(18-11)9(16)13-7-5-8(6-7)17-2/h7-8H,3-6H2,1-2H3,(H,12,15)(H,13,16). The van der Waals surface area contributed by atoms with Crippen LogP contribution in [0.1, 0.15) is 36.0 Å². The third-order valence-corrected chi connectivity index (χ3v) is 3.79. The van der Waals surface area contributed by atoms with Crippen molar-refractivity contribution in [1.82, 2.24) is 15.5 Å². The van der Waals surface area contributed by atoms with Crippen molar-refractivity contribution < 1.29 is 9.53 Å². The molecule has 0 aliphatic heterocycles. The van der Waals surface area contributed by atoms with E-state index >= 15 is 0 Å². The molecular weight excluding hydrogens is 252 g/mol. The number of rotatable bonds is 6. The molecule has 1 aromatic rings. The molecule has 6 nitrogen and oxygen atoms in total. The van der Waals surface area contributed by atoms with Gasteiger partial charge in [0.05, 0.1) is 6.10 Å². The van der Waals surface area contributed by atoms with Gasteiger partial charge in [0.1, 0.15) is 0 Å². The molecule has 1 heterocycles. The van der Waals surface area contributed by atoms with E-state index < -0.39 is 0 Å². The Balaban J connectivity index is 1.80. The minimum atomic E-state index is -0.142. The second kappa shape index (κ2) is 6.10. The molecule has 0 bridgehead atoms. The van der Waals surface area contributed by atoms with E-state index in [4.69, 9.17) is 4.74 Å². The summed E-state index contributed by atoms with van der Waals surface area (Å²) in [5.74, 6) is -0.142. The molecule has 2 rings (SSSR count). The fourth-order valence-electron chi connectivity index (χ4n) is 1.74. The number of carbonyl (C=O) groups is 1. The van der Waals surface area contributed by atoms with Gasteiger partial charge in [-0.1, -0.05) is 18.3 Å². The molecule has 0 unspecified atom stereocenters. The quantitative estimate of drug-likeness (QED) is 0.814. The minimum Gasteiger partial charge on any atom is -0.381 e. The van der Waals surface area contributed by atoms with Crippen molar-refractivity contribution in [1.29, 1.82) is 0 Å². The van der Waals surface area contributed by atoms with Crippen LogP contribution in [0.4, 0.5) is 5.13 Å². The van der Waals surface area contributed by atoms with Crippen molar-refractivity contribution in [2.45, 2.75) is 38.3 Å². The number of hydrogen-bond donors (Lipinski definition) is 2. The number of nitrogens with zero attached hydrogens (tertiary/aromatic N) is 2. The highest BCUT2D eigenvalue weighted by Crippen LogP contribution is 2.23. The first-order valence-electron chi connectivity index (χ1n) is 6.14. The molecule has 0 atom stereocenters. The molecule has 0 radical (unpaired) electrons. The summed E-state index contributed by atoms with van der Waals surface area (Å²) in [7, 11) is 1.69. The second-order valence-corrected chi connectivity index (χ2v) is 5.32. The van der Waals surface area contributed by atoms with Gasteiger partial charge in [0.15, 0.2) is 0 Å². The number of aromatic nitrogens is 2. The number of carbonyl (C=O) groups excluding carboxylic acids is 1. The normalized spacial score (nSPS) is 22.3. The zero-order valence-electron chi connectivity index (χ0n) is 10.6. The van der Waals surface area contributed by atoms with E-state index in [0.29, 0.717) is 10.1 Å². The van der Waals surface area contributed by atoms with E-state index in [0.717, 1.165) is 25.8 Å². The highest BCUT2D eigenvalue weighted by molar-refractivity contribution is 7.17. The zero-order chi connectivity index (χ0) is 13.0. The summed E-state index contributed by atoms with van der Waals surface area (Å²) in [6.45, 7) is 2.92. The van der Waals surface area contributed by atoms with Gasteiger partial charge in [-0.05, 0) is 19.3 Å². The van der Waals surface area contributed by atoms with E-state index in [1.165, 1.54) is 11.3 Å². The van der Waals surface area contributed by atoms with Crippen molar-refractivity contribution in [3.63, 3.8) is 0 Å². The maximum Gasteiger partial charge on any atom is 0.282 e. The SMILES string of the molecule is CCCNc1nnc(C(=O)NC2CC(OC)C2)s1. The lowest BCUT2D eigenvalue weighted by Crippen LogP contribution is -2.47. The molecule has 1 aliphatic carbocycles. The Morgan fingerprint density at radius 2 is 2.28 bits per heavy atom. The van der Waals surface area contributed by atoms with Crippen LogP contribution < -0.4 is 10.6 Å². The lowest BCUT2D eigenvalue weighted by atomic mass is 9.89. The molecule has 18 heavy (non-hydrogen) atoms. The lowest BCUT2D eigenvalue weighted by Gasteiger charge is -2.34. The van der Waals surface area contributed by atoms with Crippen molar-refractivity contribution in [3.05, 3.63) is 5.01 Å². The van der Waals surface area contributed by atoms with E-state index in [2.05, 4.69) is 27.8 Å². The van der Waals surface area contributed by atoms with Crippen molar-refractivity contribution >= 4 is 22.4 Å². The number of methoxy groups -OCH3 is 1. The first-order chi connectivity index (χ1) is 8.72. The number of ether oxygens (including phenoxy) is 1. The molecule has 0 spiro atoms. The summed E-state index contributed by atoms with van der Waals surface area (Å²) >= 11 is 1.29. The van der Waals surface area contributed by atoms with Crippen LogP contribution >= 0.6 is 11.3 Å². The van der Waals surface area contributed by atoms with E-state index in [1.54, 1.807) is 7.11 Å². The molecule has 0 saturated heterocycles. The van der Waals surface area contributed by atoms with Crippen LogP contribution in [0.2, 0.25) is 0 Å². The van der Waals surface area contributed by atoms with Gasteiger partial charge in [-0.15, -0.1) is 10.2 Å². The van der Waals surface area contributed by atoms with Crippen molar-refractivity contribution in [2.75, 3.05) is 19.0 Å². The van der Waals surface area contributed by atoms with Crippen LogP contribution in [0.15, 0.2) is 0 Å². The van der Waals surface area contributed by atoms with Gasteiger partial charge in [0.25, 0.3) is 5.91 Å². The third-order valence-electron chi connectivity index (χ3n) is 2.91. The molecule has 1 saturated carbocycles. The summed E-state index contributed by atoms with van der Waals surface area (Å²) in [6, 6.07) is 0.207. The Kier molecular flexibility index (Phi) is 4.48. The topological polar surface area (TPSA) is 76.1 Å². The molecule has 1 amide bonds. The minimum absolute atomic E-state index is 0.142. The molecule has 100 valence electrons. The average Bonchev–Trinajstić information content (AvgIpc) is 2.79. The van der Waals surface area contributed by atoms with Crippen LogP contribution in [0.5, 0.6) is 0 Å². The van der Waals surface area contributed by atoms with Crippen LogP contribution in [0, 0.1) is 0 Å². The monoisotopic (exact) mass is 270 g/mol. The molecule has 1 aliphatic rings. The number of hydrogen-bond acceptors (Lipinski definition) is 6. The number of nitrogens with one attached hydrogen (secondary N) is 2. The Morgan fingerprint density at radius 3 is 2.94 bits per heavy atom. The molecule has 1 fully saturated rings. The van der Waals surface area contributed by atoms with Crippen LogP contribution in [-0.4, -0.2) is 41.9 Å². The average molecular weight is 270 g/mol. The summed E-state index contributed by atoms with van der Waals surface area (Å²) in [4.78, 5) is 11.9. The molecule has 1 aromatic heterocycles. The van der Waals surface area contributed by atoms with Gasteiger partial charge in [0, 0.05) is 19.7 Å². The summed E-state index contributed by atoms with van der Waals surface area (Å²) in [5, 5.41) is 15.0. The fraction of sp³-hybridized carbons (Fsp3) is 0.727. The predicted octanol–water partition coefficient (Wildman–Crippen LogP) is 1.27. The summed E-state index contributed by atoms with van der Waals surface area (Å²) < 4.78 is 5.17. The van der Waals surface area contributed by atoms with Gasteiger partial charge >= 0.3 is 0 Å². The maximum atomic E-state index is 11.9. The van der Waals surface area contributed by atoms with Crippen molar-refractivity contribution in [2.24, 2.45) is 0 Å². The van der Waals surface area contributed by atoms with Crippen LogP contribution in [-0.2, 0) is 4.74 Å². The first kappa shape index (κ1) is 13.2. The second-order valence-electron chi connectivity index (χ2n) is 4.34. The first-order valence-corrected chi connectivity index (χ1v) is 6.95. The third kappa shape index (κ3) is 3.17. The summed E-state index contributed by atoms with van der Waals surface area (Å²) in [6.07, 6.45) is 3.05. The highest BCUT2D eigenvalue weighted by atomic mass is 32.1. The number of amides is 1. The van der Waals surface area contributed by atoms with Gasteiger partial charge in [0.2, 0.25) is 10.1 Å². The Labute approximate surface area is 110 Å². The smallest absolute Gasteiger partial charge is 0.282 e. The van der Waals surface area contributed by atoms with E-state index in [9.17, 15) is 4.79 Å². The van der Waals surface area contributed by atoms with Gasteiger partial charge in [-0.2, -0.15) is 0 Å². The number of anilines is 1. The van der Waals surface area contributed by atoms with E-state index in [-0.39, 0.29) is 18.1 Å². The van der Waals surface area contributed by atoms with Gasteiger partial charge in [-0.25, -0.2) is 0 Å². The summed E-state index contributed by atoms with van der Waals surface area (Å²) in [5.41, 5.74) is 0. The van der Waals surface area contributed by atoms with Gasteiger partial charge in [-0.3, -0.25) is 4.79 Å². The van der Waals surface area contributed by atoms with Crippen LogP contribution in [0.3, 0.4) is 0 Å². The Hall–Kier alpha value is -1.21. The Bertz CT molecular complexity index is 404. The fourth-order valence-corrected chi connectivity index (χ4v) is 2.41. The van der Waals surface area contributed by atoms with Crippen LogP contribution in [0.25, 0.3) is 0 Å². The molecule has 2 N–H and O–H groups in total. The molecule has 7 heteroatoms. The molecular formula is C11H18N4O2S. The van der Waals surface area contributed by atoms with E-state index in [1.807, 2.05) is 0 Å². The molecule has 0 aromatic carbocycles.